The number of Topliss-reactive ketones (excluding diaryl/α,β-unsaturated/α-hetero) is 1. The summed E-state index contributed by atoms with van der Waals surface area (Å²) in [5.41, 5.74) is 5.42. The van der Waals surface area contributed by atoms with E-state index in [-0.39, 0.29) is 35.9 Å². The molecule has 0 aliphatic carbocycles. The molecule has 102 valence electrons. The SMILES string of the molecule is CC(=O)COc1cc(C(=O)O)ccc1NC(=O)CN. The molecule has 0 heterocycles. The summed E-state index contributed by atoms with van der Waals surface area (Å²) < 4.78 is 5.17. The van der Waals surface area contributed by atoms with Crippen molar-refractivity contribution < 1.29 is 24.2 Å². The van der Waals surface area contributed by atoms with Crippen molar-refractivity contribution in [1.82, 2.24) is 0 Å². The average molecular weight is 266 g/mol. The first-order valence-corrected chi connectivity index (χ1v) is 5.43. The third-order valence-electron chi connectivity index (χ3n) is 2.12. The Morgan fingerprint density at radius 1 is 1.37 bits per heavy atom. The molecule has 1 aromatic rings. The highest BCUT2D eigenvalue weighted by Crippen LogP contribution is 2.26. The number of ketones is 1. The van der Waals surface area contributed by atoms with Crippen molar-refractivity contribution >= 4 is 23.3 Å². The van der Waals surface area contributed by atoms with Gasteiger partial charge in [-0.25, -0.2) is 4.79 Å². The number of carbonyl (C=O) groups excluding carboxylic acids is 2. The lowest BCUT2D eigenvalue weighted by atomic mass is 10.2. The molecule has 0 bridgehead atoms. The predicted molar refractivity (Wildman–Crippen MR) is 67.3 cm³/mol. The first-order valence-electron chi connectivity index (χ1n) is 5.43. The highest BCUT2D eigenvalue weighted by molar-refractivity contribution is 5.95. The Hall–Kier alpha value is -2.41. The van der Waals surface area contributed by atoms with E-state index in [1.54, 1.807) is 0 Å². The maximum atomic E-state index is 11.2. The highest BCUT2D eigenvalue weighted by atomic mass is 16.5. The predicted octanol–water partition coefficient (Wildman–Crippen LogP) is 0.250. The van der Waals surface area contributed by atoms with Gasteiger partial charge in [0.2, 0.25) is 5.91 Å². The van der Waals surface area contributed by atoms with Gasteiger partial charge < -0.3 is 20.9 Å². The average Bonchev–Trinajstić information content (AvgIpc) is 2.36. The number of hydrogen-bond acceptors (Lipinski definition) is 5. The Bertz CT molecular complexity index is 513. The molecular weight excluding hydrogens is 252 g/mol. The fourth-order valence-corrected chi connectivity index (χ4v) is 1.26. The normalized spacial score (nSPS) is 9.79. The van der Waals surface area contributed by atoms with Gasteiger partial charge in [-0.3, -0.25) is 9.59 Å². The molecule has 0 atom stereocenters. The number of hydrogen-bond donors (Lipinski definition) is 3. The molecule has 0 aliphatic rings. The Kier molecular flexibility index (Phi) is 5.01. The first kappa shape index (κ1) is 14.7. The van der Waals surface area contributed by atoms with Gasteiger partial charge in [0.05, 0.1) is 17.8 Å². The number of aromatic carboxylic acids is 1. The van der Waals surface area contributed by atoms with Crippen molar-refractivity contribution in [3.8, 4) is 5.75 Å². The minimum Gasteiger partial charge on any atom is -0.484 e. The van der Waals surface area contributed by atoms with Crippen molar-refractivity contribution in [2.75, 3.05) is 18.5 Å². The maximum Gasteiger partial charge on any atom is 0.335 e. The molecule has 7 heteroatoms. The number of carbonyl (C=O) groups is 3. The number of nitrogens with one attached hydrogen (secondary N) is 1. The van der Waals surface area contributed by atoms with E-state index in [4.69, 9.17) is 15.6 Å². The molecule has 1 amide bonds. The van der Waals surface area contributed by atoms with Crippen molar-refractivity contribution in [3.63, 3.8) is 0 Å². The fraction of sp³-hybridized carbons (Fsp3) is 0.250. The molecule has 19 heavy (non-hydrogen) atoms. The summed E-state index contributed by atoms with van der Waals surface area (Å²) in [6.07, 6.45) is 0. The van der Waals surface area contributed by atoms with Gasteiger partial charge in [-0.05, 0) is 25.1 Å². The van der Waals surface area contributed by atoms with Crippen LogP contribution >= 0.6 is 0 Å². The molecule has 0 aliphatic heterocycles. The van der Waals surface area contributed by atoms with Crippen molar-refractivity contribution in [2.24, 2.45) is 5.73 Å². The molecule has 0 unspecified atom stereocenters. The number of anilines is 1. The van der Waals surface area contributed by atoms with E-state index in [2.05, 4.69) is 5.32 Å². The summed E-state index contributed by atoms with van der Waals surface area (Å²) in [5.74, 6) is -1.70. The van der Waals surface area contributed by atoms with Crippen LogP contribution in [-0.4, -0.2) is 35.9 Å². The maximum absolute atomic E-state index is 11.2. The summed E-state index contributed by atoms with van der Waals surface area (Å²) in [6.45, 7) is 0.903. The molecule has 0 aromatic heterocycles. The second kappa shape index (κ2) is 6.50. The summed E-state index contributed by atoms with van der Waals surface area (Å²) >= 11 is 0. The van der Waals surface area contributed by atoms with Gasteiger partial charge in [0.15, 0.2) is 5.78 Å². The number of benzene rings is 1. The summed E-state index contributed by atoms with van der Waals surface area (Å²) in [7, 11) is 0. The van der Waals surface area contributed by atoms with Crippen LogP contribution in [-0.2, 0) is 9.59 Å². The zero-order valence-corrected chi connectivity index (χ0v) is 10.3. The van der Waals surface area contributed by atoms with E-state index >= 15 is 0 Å². The lowest BCUT2D eigenvalue weighted by molar-refractivity contribution is -0.118. The molecule has 0 fully saturated rings. The van der Waals surface area contributed by atoms with E-state index in [1.807, 2.05) is 0 Å². The number of amides is 1. The minimum absolute atomic E-state index is 0.00991. The zero-order chi connectivity index (χ0) is 14.4. The van der Waals surface area contributed by atoms with E-state index in [0.717, 1.165) is 0 Å². The summed E-state index contributed by atoms with van der Waals surface area (Å²) in [4.78, 5) is 32.9. The Balaban J connectivity index is 3.03. The Morgan fingerprint density at radius 2 is 2.05 bits per heavy atom. The molecular formula is C12H14N2O5. The third kappa shape index (κ3) is 4.40. The smallest absolute Gasteiger partial charge is 0.335 e. The molecule has 0 spiro atoms. The molecule has 7 nitrogen and oxygen atoms in total. The van der Waals surface area contributed by atoms with E-state index < -0.39 is 11.9 Å². The third-order valence-corrected chi connectivity index (χ3v) is 2.12. The van der Waals surface area contributed by atoms with E-state index in [0.29, 0.717) is 0 Å². The molecule has 1 rings (SSSR count). The standard InChI is InChI=1S/C12H14N2O5/c1-7(15)6-19-10-4-8(12(17)18)2-3-9(10)14-11(16)5-13/h2-4H,5-6,13H2,1H3,(H,14,16)(H,17,18). The van der Waals surface area contributed by atoms with Gasteiger partial charge in [0.25, 0.3) is 0 Å². The van der Waals surface area contributed by atoms with Crippen LogP contribution in [0.2, 0.25) is 0 Å². The van der Waals surface area contributed by atoms with Gasteiger partial charge in [0.1, 0.15) is 12.4 Å². The van der Waals surface area contributed by atoms with Crippen LogP contribution in [0.1, 0.15) is 17.3 Å². The summed E-state index contributed by atoms with van der Waals surface area (Å²) in [6, 6.07) is 3.93. The quantitative estimate of drug-likeness (QED) is 0.679. The second-order valence-corrected chi connectivity index (χ2v) is 3.76. The van der Waals surface area contributed by atoms with Gasteiger partial charge in [-0.15, -0.1) is 0 Å². The number of rotatable bonds is 6. The highest BCUT2D eigenvalue weighted by Gasteiger charge is 2.12. The van der Waals surface area contributed by atoms with Gasteiger partial charge in [-0.1, -0.05) is 0 Å². The van der Waals surface area contributed by atoms with Gasteiger partial charge in [0, 0.05) is 0 Å². The molecule has 1 aromatic carbocycles. The molecule has 0 saturated heterocycles. The second-order valence-electron chi connectivity index (χ2n) is 3.76. The van der Waals surface area contributed by atoms with E-state index in [9.17, 15) is 14.4 Å². The lowest BCUT2D eigenvalue weighted by Crippen LogP contribution is -2.22. The van der Waals surface area contributed by atoms with Crippen LogP contribution in [0.3, 0.4) is 0 Å². The Morgan fingerprint density at radius 3 is 2.58 bits per heavy atom. The van der Waals surface area contributed by atoms with Crippen LogP contribution in [0.5, 0.6) is 5.75 Å². The van der Waals surface area contributed by atoms with Crippen LogP contribution in [0, 0.1) is 0 Å². The lowest BCUT2D eigenvalue weighted by Gasteiger charge is -2.12. The van der Waals surface area contributed by atoms with Gasteiger partial charge in [-0.2, -0.15) is 0 Å². The van der Waals surface area contributed by atoms with E-state index in [1.165, 1.54) is 25.1 Å². The minimum atomic E-state index is -1.13. The number of carboxylic acids is 1. The van der Waals surface area contributed by atoms with Crippen molar-refractivity contribution in [2.45, 2.75) is 6.92 Å². The number of ether oxygens (including phenoxy) is 1. The largest absolute Gasteiger partial charge is 0.484 e. The van der Waals surface area contributed by atoms with Crippen LogP contribution < -0.4 is 15.8 Å². The molecule has 0 saturated carbocycles. The van der Waals surface area contributed by atoms with Crippen LogP contribution in [0.4, 0.5) is 5.69 Å². The first-order chi connectivity index (χ1) is 8.93. The van der Waals surface area contributed by atoms with Crippen LogP contribution in [0.15, 0.2) is 18.2 Å². The Labute approximate surface area is 109 Å². The van der Waals surface area contributed by atoms with Gasteiger partial charge >= 0.3 is 5.97 Å². The summed E-state index contributed by atoms with van der Waals surface area (Å²) in [5, 5.41) is 11.3. The number of nitrogens with two attached hydrogens (primary N) is 1. The topological polar surface area (TPSA) is 119 Å². The monoisotopic (exact) mass is 266 g/mol. The number of carboxylic acid groups (broad SMARTS) is 1. The molecule has 0 radical (unpaired) electrons. The fourth-order valence-electron chi connectivity index (χ4n) is 1.26. The van der Waals surface area contributed by atoms with Crippen LogP contribution in [0.25, 0.3) is 0 Å². The van der Waals surface area contributed by atoms with Crippen molar-refractivity contribution in [1.29, 1.82) is 0 Å². The molecule has 4 N–H and O–H groups in total. The van der Waals surface area contributed by atoms with Crippen molar-refractivity contribution in [3.05, 3.63) is 23.8 Å². The zero-order valence-electron chi connectivity index (χ0n) is 10.3.